The Balaban J connectivity index is 1.65. The Bertz CT molecular complexity index is 640. The average Bonchev–Trinajstić information content (AvgIpc) is 3.26. The molecule has 2 N–H and O–H groups in total. The quantitative estimate of drug-likeness (QED) is 0.759. The third-order valence-electron chi connectivity index (χ3n) is 3.35. The highest BCUT2D eigenvalue weighted by Gasteiger charge is 2.25. The zero-order valence-electron chi connectivity index (χ0n) is 10.5. The van der Waals surface area contributed by atoms with E-state index in [1.54, 1.807) is 6.20 Å². The first-order valence-electron chi connectivity index (χ1n) is 6.46. The highest BCUT2D eigenvalue weighted by atomic mass is 16.2. The molecule has 1 fully saturated rings. The van der Waals surface area contributed by atoms with Crippen molar-refractivity contribution in [2.24, 2.45) is 5.92 Å². The highest BCUT2D eigenvalue weighted by molar-refractivity contribution is 5.73. The molecule has 0 saturated heterocycles. The van der Waals surface area contributed by atoms with Crippen molar-refractivity contribution in [3.8, 4) is 0 Å². The molecule has 0 unspecified atom stereocenters. The number of nitrogens with one attached hydrogen (secondary N) is 2. The van der Waals surface area contributed by atoms with Crippen LogP contribution >= 0.6 is 0 Å². The second kappa shape index (κ2) is 4.84. The summed E-state index contributed by atoms with van der Waals surface area (Å²) < 4.78 is 0. The maximum atomic E-state index is 11.5. The van der Waals surface area contributed by atoms with Crippen LogP contribution in [0.4, 0.5) is 11.4 Å². The second-order valence-electron chi connectivity index (χ2n) is 4.91. The van der Waals surface area contributed by atoms with E-state index in [1.165, 1.54) is 12.8 Å². The van der Waals surface area contributed by atoms with Gasteiger partial charge in [-0.05, 0) is 30.9 Å². The molecule has 0 radical (unpaired) electrons. The maximum absolute atomic E-state index is 11.5. The van der Waals surface area contributed by atoms with Gasteiger partial charge in [0.2, 0.25) is 0 Å². The van der Waals surface area contributed by atoms with E-state index in [0.29, 0.717) is 23.8 Å². The minimum Gasteiger partial charge on any atom is -0.380 e. The van der Waals surface area contributed by atoms with Crippen molar-refractivity contribution in [2.75, 3.05) is 17.2 Å². The molecule has 98 valence electrons. The molecular weight excluding hydrogens is 242 g/mol. The molecule has 1 aromatic carbocycles. The summed E-state index contributed by atoms with van der Waals surface area (Å²) in [6, 6.07) is 5.59. The Kier molecular flexibility index (Phi) is 3.03. The van der Waals surface area contributed by atoms with Crippen molar-refractivity contribution in [3.05, 3.63) is 50.5 Å². The minimum atomic E-state index is -0.436. The molecule has 1 aliphatic rings. The molecule has 1 aliphatic carbocycles. The zero-order valence-corrected chi connectivity index (χ0v) is 10.5. The van der Waals surface area contributed by atoms with Crippen molar-refractivity contribution in [2.45, 2.75) is 19.4 Å². The summed E-state index contributed by atoms with van der Waals surface area (Å²) in [5, 5.41) is 6.07. The van der Waals surface area contributed by atoms with Gasteiger partial charge >= 0.3 is 0 Å². The Morgan fingerprint density at radius 3 is 2.47 bits per heavy atom. The van der Waals surface area contributed by atoms with E-state index < -0.39 is 10.9 Å². The van der Waals surface area contributed by atoms with Crippen molar-refractivity contribution >= 4 is 11.4 Å². The first kappa shape index (κ1) is 11.9. The fraction of sp³-hybridized carbons (Fsp3) is 0.357. The van der Waals surface area contributed by atoms with E-state index in [-0.39, 0.29) is 0 Å². The topological polar surface area (TPSA) is 71.1 Å². The molecule has 5 heteroatoms. The third-order valence-corrected chi connectivity index (χ3v) is 3.35. The van der Waals surface area contributed by atoms with Crippen LogP contribution in [0.15, 0.2) is 34.0 Å². The summed E-state index contributed by atoms with van der Waals surface area (Å²) in [5.74, 6) is 0.660. The fourth-order valence-electron chi connectivity index (χ4n) is 1.98. The lowest BCUT2D eigenvalue weighted by Gasteiger charge is -2.14. The van der Waals surface area contributed by atoms with Gasteiger partial charge in [-0.2, -0.15) is 0 Å². The zero-order chi connectivity index (χ0) is 13.2. The molecule has 0 atom stereocenters. The molecule has 3 rings (SSSR count). The van der Waals surface area contributed by atoms with Gasteiger partial charge < -0.3 is 10.6 Å². The SMILES string of the molecule is O=c1c(NCc2ccccn2)c(NCC2CC2)c1=O. The maximum Gasteiger partial charge on any atom is 0.253 e. The third kappa shape index (κ3) is 2.50. The van der Waals surface area contributed by atoms with Crippen LogP contribution in [-0.4, -0.2) is 11.5 Å². The Labute approximate surface area is 110 Å². The molecule has 2 aromatic rings. The Hall–Kier alpha value is -2.17. The monoisotopic (exact) mass is 257 g/mol. The van der Waals surface area contributed by atoms with Gasteiger partial charge in [0.05, 0.1) is 12.2 Å². The van der Waals surface area contributed by atoms with E-state index in [1.807, 2.05) is 18.2 Å². The summed E-state index contributed by atoms with van der Waals surface area (Å²) in [6.45, 7) is 1.23. The number of anilines is 2. The lowest BCUT2D eigenvalue weighted by atomic mass is 10.2. The molecule has 0 amide bonds. The van der Waals surface area contributed by atoms with Crippen LogP contribution in [0, 0.1) is 5.92 Å². The van der Waals surface area contributed by atoms with E-state index >= 15 is 0 Å². The molecule has 1 saturated carbocycles. The van der Waals surface area contributed by atoms with E-state index in [9.17, 15) is 9.59 Å². The second-order valence-corrected chi connectivity index (χ2v) is 4.91. The summed E-state index contributed by atoms with van der Waals surface area (Å²) in [6.07, 6.45) is 4.11. The van der Waals surface area contributed by atoms with E-state index in [0.717, 1.165) is 12.2 Å². The van der Waals surface area contributed by atoms with Crippen LogP contribution in [0.3, 0.4) is 0 Å². The summed E-state index contributed by atoms with van der Waals surface area (Å²) in [5.41, 5.74) is 0.825. The minimum absolute atomic E-state index is 0.399. The van der Waals surface area contributed by atoms with Crippen LogP contribution in [-0.2, 0) is 6.54 Å². The molecule has 1 heterocycles. The van der Waals surface area contributed by atoms with Gasteiger partial charge in [0.1, 0.15) is 11.4 Å². The number of pyridine rings is 1. The summed E-state index contributed by atoms with van der Waals surface area (Å²) in [4.78, 5) is 27.2. The molecule has 0 aliphatic heterocycles. The van der Waals surface area contributed by atoms with Crippen molar-refractivity contribution < 1.29 is 0 Å². The fourth-order valence-corrected chi connectivity index (χ4v) is 1.98. The normalized spacial score (nSPS) is 14.5. The van der Waals surface area contributed by atoms with Crippen molar-refractivity contribution in [1.29, 1.82) is 0 Å². The molecule has 0 spiro atoms. The van der Waals surface area contributed by atoms with Gasteiger partial charge in [-0.15, -0.1) is 0 Å². The summed E-state index contributed by atoms with van der Waals surface area (Å²) in [7, 11) is 0. The van der Waals surface area contributed by atoms with E-state index in [4.69, 9.17) is 0 Å². The van der Waals surface area contributed by atoms with Gasteiger partial charge in [0, 0.05) is 12.7 Å². The predicted octanol–water partition coefficient (Wildman–Crippen LogP) is 1.11. The molecular formula is C14H15N3O2. The van der Waals surface area contributed by atoms with Crippen LogP contribution in [0.25, 0.3) is 0 Å². The number of hydrogen-bond donors (Lipinski definition) is 2. The number of nitrogens with zero attached hydrogens (tertiary/aromatic N) is 1. The van der Waals surface area contributed by atoms with Gasteiger partial charge in [-0.1, -0.05) is 6.07 Å². The molecule has 1 aromatic heterocycles. The largest absolute Gasteiger partial charge is 0.380 e. The van der Waals surface area contributed by atoms with Crippen LogP contribution < -0.4 is 21.5 Å². The first-order valence-corrected chi connectivity index (χ1v) is 6.46. The molecule has 19 heavy (non-hydrogen) atoms. The Morgan fingerprint density at radius 1 is 1.11 bits per heavy atom. The van der Waals surface area contributed by atoms with Crippen LogP contribution in [0.5, 0.6) is 0 Å². The summed E-state index contributed by atoms with van der Waals surface area (Å²) >= 11 is 0. The lowest BCUT2D eigenvalue weighted by Crippen LogP contribution is -2.37. The van der Waals surface area contributed by atoms with Gasteiger partial charge in [0.15, 0.2) is 0 Å². The van der Waals surface area contributed by atoms with Gasteiger partial charge in [-0.3, -0.25) is 14.6 Å². The predicted molar refractivity (Wildman–Crippen MR) is 74.1 cm³/mol. The number of hydrogen-bond acceptors (Lipinski definition) is 5. The lowest BCUT2D eigenvalue weighted by molar-refractivity contribution is 0.885. The average molecular weight is 257 g/mol. The Morgan fingerprint density at radius 2 is 1.84 bits per heavy atom. The van der Waals surface area contributed by atoms with Crippen LogP contribution in [0.1, 0.15) is 18.5 Å². The number of aromatic nitrogens is 1. The smallest absolute Gasteiger partial charge is 0.253 e. The number of rotatable bonds is 6. The van der Waals surface area contributed by atoms with Gasteiger partial charge in [0.25, 0.3) is 10.9 Å². The van der Waals surface area contributed by atoms with Gasteiger partial charge in [-0.25, -0.2) is 0 Å². The standard InChI is InChI=1S/C14H15N3O2/c18-13-11(16-7-9-4-5-9)12(14(13)19)17-8-10-3-1-2-6-15-10/h1-3,6,9,16-17H,4-5,7-8H2. The first-order chi connectivity index (χ1) is 9.25. The van der Waals surface area contributed by atoms with Crippen molar-refractivity contribution in [3.63, 3.8) is 0 Å². The highest BCUT2D eigenvalue weighted by Crippen LogP contribution is 2.29. The molecule has 0 bridgehead atoms. The van der Waals surface area contributed by atoms with Crippen molar-refractivity contribution in [1.82, 2.24) is 4.98 Å². The molecule has 5 nitrogen and oxygen atoms in total. The van der Waals surface area contributed by atoms with Crippen LogP contribution in [0.2, 0.25) is 0 Å². The van der Waals surface area contributed by atoms with E-state index in [2.05, 4.69) is 15.6 Å².